The van der Waals surface area contributed by atoms with Crippen molar-refractivity contribution in [1.82, 2.24) is 4.90 Å². The summed E-state index contributed by atoms with van der Waals surface area (Å²) in [5.41, 5.74) is 0. The van der Waals surface area contributed by atoms with Crippen molar-refractivity contribution < 1.29 is 14.3 Å². The number of thioether (sulfide) groups is 1. The number of carbonyl (C=O) groups excluding carboxylic acids is 1. The van der Waals surface area contributed by atoms with E-state index in [-0.39, 0.29) is 12.6 Å². The summed E-state index contributed by atoms with van der Waals surface area (Å²) in [5.74, 6) is -0.268. The van der Waals surface area contributed by atoms with E-state index in [0.717, 1.165) is 24.9 Å². The van der Waals surface area contributed by atoms with Gasteiger partial charge < -0.3 is 14.4 Å². The predicted octanol–water partition coefficient (Wildman–Crippen LogP) is 1.78. The number of rotatable bonds is 7. The van der Waals surface area contributed by atoms with Crippen LogP contribution in [-0.2, 0) is 14.3 Å². The second-order valence-electron chi connectivity index (χ2n) is 4.49. The summed E-state index contributed by atoms with van der Waals surface area (Å²) in [6.07, 6.45) is 6.05. The molecular formula is C13H25NO3S. The lowest BCUT2D eigenvalue weighted by molar-refractivity contribution is -0.148. The van der Waals surface area contributed by atoms with Gasteiger partial charge in [0.25, 0.3) is 0 Å². The maximum Gasteiger partial charge on any atom is 0.332 e. The third kappa shape index (κ3) is 6.61. The zero-order chi connectivity index (χ0) is 13.2. The van der Waals surface area contributed by atoms with Crippen LogP contribution in [0.2, 0.25) is 0 Å². The standard InChI is InChI=1S/C13H25NO3S/c1-3-17-13(15)11-16-10-9-14-7-4-5-12(18-2)6-8-14/h12H,3-11H2,1-2H3. The van der Waals surface area contributed by atoms with Crippen molar-refractivity contribution in [3.63, 3.8) is 0 Å². The minimum atomic E-state index is -0.268. The minimum absolute atomic E-state index is 0.0785. The third-order valence-corrected chi connectivity index (χ3v) is 4.32. The molecule has 1 aliphatic rings. The lowest BCUT2D eigenvalue weighted by Gasteiger charge is -2.19. The maximum atomic E-state index is 11.1. The van der Waals surface area contributed by atoms with Crippen LogP contribution < -0.4 is 0 Å². The molecule has 0 N–H and O–H groups in total. The van der Waals surface area contributed by atoms with E-state index in [4.69, 9.17) is 9.47 Å². The average molecular weight is 275 g/mol. The fourth-order valence-electron chi connectivity index (χ4n) is 2.14. The highest BCUT2D eigenvalue weighted by Gasteiger charge is 2.15. The van der Waals surface area contributed by atoms with Crippen LogP contribution in [0.25, 0.3) is 0 Å². The first kappa shape index (κ1) is 15.8. The van der Waals surface area contributed by atoms with Crippen molar-refractivity contribution in [2.24, 2.45) is 0 Å². The van der Waals surface area contributed by atoms with E-state index in [9.17, 15) is 4.79 Å². The van der Waals surface area contributed by atoms with E-state index in [1.165, 1.54) is 19.3 Å². The second-order valence-corrected chi connectivity index (χ2v) is 5.63. The number of carbonyl (C=O) groups is 1. The molecule has 1 heterocycles. The molecule has 0 aromatic carbocycles. The normalized spacial score (nSPS) is 21.6. The molecule has 1 unspecified atom stereocenters. The first-order chi connectivity index (χ1) is 8.76. The third-order valence-electron chi connectivity index (χ3n) is 3.18. The Morgan fingerprint density at radius 2 is 2.22 bits per heavy atom. The number of hydrogen-bond donors (Lipinski definition) is 0. The van der Waals surface area contributed by atoms with Gasteiger partial charge in [-0.3, -0.25) is 0 Å². The summed E-state index contributed by atoms with van der Waals surface area (Å²) in [5, 5.41) is 0.815. The first-order valence-electron chi connectivity index (χ1n) is 6.74. The molecule has 0 aromatic heterocycles. The highest BCUT2D eigenvalue weighted by Crippen LogP contribution is 2.20. The molecule has 1 aliphatic heterocycles. The van der Waals surface area contributed by atoms with Crippen LogP contribution in [0.1, 0.15) is 26.2 Å². The van der Waals surface area contributed by atoms with Crippen molar-refractivity contribution in [3.05, 3.63) is 0 Å². The number of nitrogens with zero attached hydrogens (tertiary/aromatic N) is 1. The summed E-state index contributed by atoms with van der Waals surface area (Å²) >= 11 is 1.98. The maximum absolute atomic E-state index is 11.1. The zero-order valence-corrected chi connectivity index (χ0v) is 12.3. The number of likely N-dealkylation sites (tertiary alicyclic amines) is 1. The summed E-state index contributed by atoms with van der Waals surface area (Å²) in [6, 6.07) is 0. The Labute approximate surface area is 114 Å². The Kier molecular flexibility index (Phi) is 8.46. The van der Waals surface area contributed by atoms with Crippen molar-refractivity contribution in [2.45, 2.75) is 31.4 Å². The van der Waals surface area contributed by atoms with Gasteiger partial charge in [0.1, 0.15) is 6.61 Å². The molecule has 1 fully saturated rings. The molecule has 18 heavy (non-hydrogen) atoms. The van der Waals surface area contributed by atoms with Gasteiger partial charge in [-0.2, -0.15) is 11.8 Å². The fourth-order valence-corrected chi connectivity index (χ4v) is 2.88. The van der Waals surface area contributed by atoms with Gasteiger partial charge >= 0.3 is 5.97 Å². The van der Waals surface area contributed by atoms with E-state index in [2.05, 4.69) is 11.2 Å². The lowest BCUT2D eigenvalue weighted by Crippen LogP contribution is -2.29. The van der Waals surface area contributed by atoms with E-state index >= 15 is 0 Å². The van der Waals surface area contributed by atoms with Crippen molar-refractivity contribution >= 4 is 17.7 Å². The Balaban J connectivity index is 2.06. The number of ether oxygens (including phenoxy) is 2. The molecule has 5 heteroatoms. The van der Waals surface area contributed by atoms with Gasteiger partial charge in [0.05, 0.1) is 13.2 Å². The largest absolute Gasteiger partial charge is 0.464 e. The van der Waals surface area contributed by atoms with Crippen LogP contribution in [0.5, 0.6) is 0 Å². The molecule has 0 spiro atoms. The molecule has 106 valence electrons. The van der Waals surface area contributed by atoms with Crippen LogP contribution in [0.4, 0.5) is 0 Å². The highest BCUT2D eigenvalue weighted by molar-refractivity contribution is 7.99. The van der Waals surface area contributed by atoms with E-state index in [1.807, 2.05) is 11.8 Å². The van der Waals surface area contributed by atoms with Crippen molar-refractivity contribution in [2.75, 3.05) is 45.7 Å². The van der Waals surface area contributed by atoms with Crippen LogP contribution in [0.3, 0.4) is 0 Å². The zero-order valence-electron chi connectivity index (χ0n) is 11.5. The fraction of sp³-hybridized carbons (Fsp3) is 0.923. The second kappa shape index (κ2) is 9.64. The summed E-state index contributed by atoms with van der Waals surface area (Å²) in [7, 11) is 0. The topological polar surface area (TPSA) is 38.8 Å². The molecule has 0 amide bonds. The monoisotopic (exact) mass is 275 g/mol. The minimum Gasteiger partial charge on any atom is -0.464 e. The van der Waals surface area contributed by atoms with Gasteiger partial charge in [-0.25, -0.2) is 4.79 Å². The quantitative estimate of drug-likeness (QED) is 0.523. The summed E-state index contributed by atoms with van der Waals surface area (Å²) < 4.78 is 10.1. The molecular weight excluding hydrogens is 250 g/mol. The molecule has 0 aliphatic carbocycles. The van der Waals surface area contributed by atoms with Crippen LogP contribution in [-0.4, -0.2) is 61.8 Å². The molecule has 0 bridgehead atoms. The molecule has 0 saturated carbocycles. The predicted molar refractivity (Wildman–Crippen MR) is 75.0 cm³/mol. The van der Waals surface area contributed by atoms with Gasteiger partial charge in [0.15, 0.2) is 0 Å². The lowest BCUT2D eigenvalue weighted by atomic mass is 10.2. The molecule has 0 aromatic rings. The Bertz CT molecular complexity index is 238. The number of hydrogen-bond acceptors (Lipinski definition) is 5. The van der Waals surface area contributed by atoms with Crippen LogP contribution in [0.15, 0.2) is 0 Å². The Morgan fingerprint density at radius 1 is 1.39 bits per heavy atom. The molecule has 1 atom stereocenters. The van der Waals surface area contributed by atoms with Crippen LogP contribution in [0, 0.1) is 0 Å². The van der Waals surface area contributed by atoms with E-state index in [0.29, 0.717) is 13.2 Å². The van der Waals surface area contributed by atoms with Crippen molar-refractivity contribution in [1.29, 1.82) is 0 Å². The van der Waals surface area contributed by atoms with Crippen molar-refractivity contribution in [3.8, 4) is 0 Å². The van der Waals surface area contributed by atoms with Gasteiger partial charge in [-0.15, -0.1) is 0 Å². The van der Waals surface area contributed by atoms with E-state index in [1.54, 1.807) is 6.92 Å². The SMILES string of the molecule is CCOC(=O)COCCN1CCCC(SC)CC1. The van der Waals surface area contributed by atoms with Crippen LogP contribution >= 0.6 is 11.8 Å². The van der Waals surface area contributed by atoms with Gasteiger partial charge in [0, 0.05) is 11.8 Å². The molecule has 4 nitrogen and oxygen atoms in total. The highest BCUT2D eigenvalue weighted by atomic mass is 32.2. The van der Waals surface area contributed by atoms with E-state index < -0.39 is 0 Å². The Hall–Kier alpha value is -0.260. The molecule has 1 rings (SSSR count). The summed E-state index contributed by atoms with van der Waals surface area (Å²) in [6.45, 7) is 6.13. The van der Waals surface area contributed by atoms with Gasteiger partial charge in [-0.1, -0.05) is 0 Å². The Morgan fingerprint density at radius 3 is 2.94 bits per heavy atom. The number of esters is 1. The smallest absolute Gasteiger partial charge is 0.332 e. The molecule has 1 saturated heterocycles. The average Bonchev–Trinajstić information content (AvgIpc) is 2.60. The van der Waals surface area contributed by atoms with Gasteiger partial charge in [-0.05, 0) is 45.5 Å². The van der Waals surface area contributed by atoms with Gasteiger partial charge in [0.2, 0.25) is 0 Å². The summed E-state index contributed by atoms with van der Waals surface area (Å²) in [4.78, 5) is 13.5. The molecule has 0 radical (unpaired) electrons. The first-order valence-corrected chi connectivity index (χ1v) is 8.03.